The highest BCUT2D eigenvalue weighted by atomic mass is 32.2. The molecular weight excluding hydrogens is 476 g/mol. The number of hydrogen-bond donors (Lipinski definition) is 1. The maximum Gasteiger partial charge on any atom is 0.240 e. The Morgan fingerprint density at radius 1 is 0.972 bits per heavy atom. The van der Waals surface area contributed by atoms with Crippen molar-refractivity contribution in [2.75, 3.05) is 39.3 Å². The Balaban J connectivity index is 1.54. The average Bonchev–Trinajstić information content (AvgIpc) is 3.04. The van der Waals surface area contributed by atoms with Crippen molar-refractivity contribution in [1.29, 1.82) is 0 Å². The van der Waals surface area contributed by atoms with Gasteiger partial charge in [-0.25, -0.2) is 0 Å². The Morgan fingerprint density at radius 2 is 1.64 bits per heavy atom. The molecule has 4 rings (SSSR count). The molecule has 0 aromatic heterocycles. The van der Waals surface area contributed by atoms with E-state index in [1.54, 1.807) is 38.0 Å². The predicted molar refractivity (Wildman–Crippen MR) is 141 cm³/mol. The van der Waals surface area contributed by atoms with Gasteiger partial charge in [0.2, 0.25) is 17.6 Å². The van der Waals surface area contributed by atoms with Gasteiger partial charge in [-0.1, -0.05) is 42.5 Å². The molecule has 0 spiro atoms. The summed E-state index contributed by atoms with van der Waals surface area (Å²) in [5.41, 5.74) is 2.77. The van der Waals surface area contributed by atoms with Gasteiger partial charge in [-0.2, -0.15) is 0 Å². The van der Waals surface area contributed by atoms with Crippen molar-refractivity contribution in [1.82, 2.24) is 5.32 Å². The summed E-state index contributed by atoms with van der Waals surface area (Å²) in [7, 11) is 4.70. The third kappa shape index (κ3) is 5.76. The summed E-state index contributed by atoms with van der Waals surface area (Å²) in [4.78, 5) is 28.8. The summed E-state index contributed by atoms with van der Waals surface area (Å²) in [6, 6.07) is 21.4. The summed E-state index contributed by atoms with van der Waals surface area (Å²) in [5.74, 6) is 1.26. The number of nitrogens with zero attached hydrogens (tertiary/aromatic N) is 1. The first-order chi connectivity index (χ1) is 17.5. The lowest BCUT2D eigenvalue weighted by atomic mass is 10.1. The molecule has 2 amide bonds. The zero-order chi connectivity index (χ0) is 25.5. The van der Waals surface area contributed by atoms with Crippen molar-refractivity contribution in [3.63, 3.8) is 0 Å². The first kappa shape index (κ1) is 25.4. The third-order valence-electron chi connectivity index (χ3n) is 6.03. The van der Waals surface area contributed by atoms with E-state index >= 15 is 0 Å². The topological polar surface area (TPSA) is 77.1 Å². The smallest absolute Gasteiger partial charge is 0.240 e. The minimum atomic E-state index is -0.196. The molecule has 0 unspecified atom stereocenters. The Hall–Kier alpha value is -3.65. The Labute approximate surface area is 215 Å². The van der Waals surface area contributed by atoms with Gasteiger partial charge in [0, 0.05) is 23.1 Å². The molecular formula is C28H30N2O5S. The van der Waals surface area contributed by atoms with Crippen molar-refractivity contribution < 1.29 is 23.8 Å². The third-order valence-corrected chi connectivity index (χ3v) is 7.35. The van der Waals surface area contributed by atoms with Crippen LogP contribution in [-0.2, 0) is 16.0 Å². The second-order valence-electron chi connectivity index (χ2n) is 8.30. The lowest BCUT2D eigenvalue weighted by molar-refractivity contribution is -0.123. The fraction of sp³-hybridized carbons (Fsp3) is 0.286. The molecule has 0 fully saturated rings. The molecule has 36 heavy (non-hydrogen) atoms. The van der Waals surface area contributed by atoms with E-state index in [-0.39, 0.29) is 30.0 Å². The van der Waals surface area contributed by atoms with Gasteiger partial charge >= 0.3 is 0 Å². The highest BCUT2D eigenvalue weighted by Gasteiger charge is 2.31. The lowest BCUT2D eigenvalue weighted by Gasteiger charge is -2.22. The van der Waals surface area contributed by atoms with E-state index in [9.17, 15) is 9.59 Å². The molecule has 1 heterocycles. The van der Waals surface area contributed by atoms with Gasteiger partial charge in [-0.15, -0.1) is 11.8 Å². The monoisotopic (exact) mass is 506 g/mol. The van der Waals surface area contributed by atoms with Crippen LogP contribution in [0.4, 0.5) is 5.69 Å². The molecule has 3 aromatic rings. The average molecular weight is 507 g/mol. The van der Waals surface area contributed by atoms with Gasteiger partial charge < -0.3 is 24.4 Å². The highest BCUT2D eigenvalue weighted by molar-refractivity contribution is 7.99. The van der Waals surface area contributed by atoms with Gasteiger partial charge in [-0.3, -0.25) is 9.59 Å². The molecule has 7 nitrogen and oxygen atoms in total. The number of fused-ring (bicyclic) bond motifs is 1. The van der Waals surface area contributed by atoms with Crippen LogP contribution in [0.5, 0.6) is 17.2 Å². The number of thioether (sulfide) groups is 1. The SMILES string of the molecule is COc1cc([C@H]2CC(=O)N(CC(=O)NCCc3ccccc3)c3ccccc3S2)cc(OC)c1OC. The van der Waals surface area contributed by atoms with Crippen LogP contribution in [0.3, 0.4) is 0 Å². The number of carbonyl (C=O) groups excluding carboxylic acids is 2. The van der Waals surface area contributed by atoms with E-state index in [2.05, 4.69) is 5.32 Å². The van der Waals surface area contributed by atoms with Crippen LogP contribution in [0.25, 0.3) is 0 Å². The zero-order valence-corrected chi connectivity index (χ0v) is 21.5. The number of rotatable bonds is 9. The number of para-hydroxylation sites is 1. The van der Waals surface area contributed by atoms with Crippen molar-refractivity contribution in [2.45, 2.75) is 23.0 Å². The quantitative estimate of drug-likeness (QED) is 0.456. The second kappa shape index (κ2) is 11.9. The summed E-state index contributed by atoms with van der Waals surface area (Å²) < 4.78 is 16.5. The molecule has 1 atom stereocenters. The summed E-state index contributed by atoms with van der Waals surface area (Å²) in [6.07, 6.45) is 0.950. The van der Waals surface area contributed by atoms with Crippen LogP contribution in [0, 0.1) is 0 Å². The van der Waals surface area contributed by atoms with E-state index in [1.807, 2.05) is 66.7 Å². The normalized spacial score (nSPS) is 15.0. The van der Waals surface area contributed by atoms with Crippen LogP contribution in [0.1, 0.15) is 22.8 Å². The number of carbonyl (C=O) groups is 2. The molecule has 1 aliphatic rings. The van der Waals surface area contributed by atoms with Crippen LogP contribution in [0.2, 0.25) is 0 Å². The maximum atomic E-state index is 13.5. The zero-order valence-electron chi connectivity index (χ0n) is 20.7. The van der Waals surface area contributed by atoms with E-state index in [1.165, 1.54) is 0 Å². The summed E-state index contributed by atoms with van der Waals surface area (Å²) >= 11 is 1.59. The van der Waals surface area contributed by atoms with E-state index < -0.39 is 0 Å². The van der Waals surface area contributed by atoms with Gasteiger partial charge in [0.15, 0.2) is 11.5 Å². The predicted octanol–water partition coefficient (Wildman–Crippen LogP) is 4.64. The number of anilines is 1. The molecule has 0 saturated carbocycles. The first-order valence-corrected chi connectivity index (χ1v) is 12.6. The molecule has 3 aromatic carbocycles. The van der Waals surface area contributed by atoms with Crippen LogP contribution in [0.15, 0.2) is 71.6 Å². The molecule has 188 valence electrons. The minimum Gasteiger partial charge on any atom is -0.493 e. The van der Waals surface area contributed by atoms with Crippen LogP contribution in [-0.4, -0.2) is 46.2 Å². The van der Waals surface area contributed by atoms with Gasteiger partial charge in [0.05, 0.1) is 27.0 Å². The molecule has 1 N–H and O–H groups in total. The Morgan fingerprint density at radius 3 is 2.31 bits per heavy atom. The first-order valence-electron chi connectivity index (χ1n) is 11.7. The minimum absolute atomic E-state index is 0.0346. The van der Waals surface area contributed by atoms with Crippen molar-refractivity contribution in [2.24, 2.45) is 0 Å². The maximum absolute atomic E-state index is 13.5. The largest absolute Gasteiger partial charge is 0.493 e. The van der Waals surface area contributed by atoms with Gasteiger partial charge in [0.1, 0.15) is 6.54 Å². The fourth-order valence-electron chi connectivity index (χ4n) is 4.21. The van der Waals surface area contributed by atoms with Crippen molar-refractivity contribution in [3.8, 4) is 17.2 Å². The van der Waals surface area contributed by atoms with E-state index in [4.69, 9.17) is 14.2 Å². The number of methoxy groups -OCH3 is 3. The van der Waals surface area contributed by atoms with Crippen LogP contribution >= 0.6 is 11.8 Å². The van der Waals surface area contributed by atoms with Gasteiger partial charge in [0.25, 0.3) is 0 Å². The Bertz CT molecular complexity index is 1190. The number of benzene rings is 3. The van der Waals surface area contributed by atoms with Crippen LogP contribution < -0.4 is 24.4 Å². The molecule has 0 aliphatic carbocycles. The number of hydrogen-bond acceptors (Lipinski definition) is 6. The second-order valence-corrected chi connectivity index (χ2v) is 9.55. The number of nitrogens with one attached hydrogen (secondary N) is 1. The standard InChI is InChI=1S/C28H30N2O5S/c1-33-22-15-20(16-23(34-2)28(22)35-3)25-17-27(32)30(21-11-7-8-12-24(21)36-25)18-26(31)29-14-13-19-9-5-4-6-10-19/h4-12,15-16,25H,13-14,17-18H2,1-3H3,(H,29,31)/t25-/m1/s1. The van der Waals surface area contributed by atoms with Crippen molar-refractivity contribution in [3.05, 3.63) is 77.9 Å². The van der Waals surface area contributed by atoms with Crippen molar-refractivity contribution >= 4 is 29.3 Å². The fourth-order valence-corrected chi connectivity index (χ4v) is 5.48. The Kier molecular flexibility index (Phi) is 8.38. The highest BCUT2D eigenvalue weighted by Crippen LogP contribution is 2.48. The molecule has 1 aliphatic heterocycles. The lowest BCUT2D eigenvalue weighted by Crippen LogP contribution is -2.41. The number of ether oxygens (including phenoxy) is 3. The van der Waals surface area contributed by atoms with E-state index in [0.29, 0.717) is 23.8 Å². The number of amides is 2. The molecule has 8 heteroatoms. The molecule has 0 bridgehead atoms. The molecule has 0 radical (unpaired) electrons. The summed E-state index contributed by atoms with van der Waals surface area (Å²) in [6.45, 7) is 0.475. The van der Waals surface area contributed by atoms with E-state index in [0.717, 1.165) is 28.1 Å². The van der Waals surface area contributed by atoms with Gasteiger partial charge in [-0.05, 0) is 41.8 Å². The summed E-state index contributed by atoms with van der Waals surface area (Å²) in [5, 5.41) is 2.75. The molecule has 0 saturated heterocycles.